The molecule has 0 radical (unpaired) electrons. The number of benzene rings is 1. The lowest BCUT2D eigenvalue weighted by molar-refractivity contribution is 0.343. The van der Waals surface area contributed by atoms with E-state index in [4.69, 9.17) is 5.11 Å². The van der Waals surface area contributed by atoms with Crippen molar-refractivity contribution in [3.05, 3.63) is 34.9 Å². The Balaban J connectivity index is 3.52. The second-order valence-electron chi connectivity index (χ2n) is 7.05. The Kier molecular flexibility index (Phi) is 4.46. The molecule has 2 nitrogen and oxygen atoms in total. The Hall–Kier alpha value is -1.28. The number of phenols is 1. The molecule has 0 atom stereocenters. The third-order valence-electron chi connectivity index (χ3n) is 3.16. The van der Waals surface area contributed by atoms with Gasteiger partial charge in [-0.1, -0.05) is 53.7 Å². The summed E-state index contributed by atoms with van der Waals surface area (Å²) in [7, 11) is 0. The van der Waals surface area contributed by atoms with Crippen LogP contribution in [-0.2, 0) is 10.8 Å². The summed E-state index contributed by atoms with van der Waals surface area (Å²) in [4.78, 5) is 0. The molecule has 0 bridgehead atoms. The quantitative estimate of drug-likeness (QED) is 0.846. The average molecular weight is 262 g/mol. The van der Waals surface area contributed by atoms with Crippen LogP contribution in [0.4, 0.5) is 0 Å². The van der Waals surface area contributed by atoms with Gasteiger partial charge in [-0.3, -0.25) is 0 Å². The van der Waals surface area contributed by atoms with Crippen molar-refractivity contribution in [2.24, 2.45) is 0 Å². The van der Waals surface area contributed by atoms with Crippen LogP contribution in [0, 0.1) is 0 Å². The van der Waals surface area contributed by atoms with Crippen LogP contribution in [0.25, 0.3) is 6.08 Å². The molecule has 0 saturated heterocycles. The van der Waals surface area contributed by atoms with E-state index in [2.05, 4.69) is 41.5 Å². The van der Waals surface area contributed by atoms with Crippen molar-refractivity contribution >= 4 is 6.08 Å². The van der Waals surface area contributed by atoms with Gasteiger partial charge < -0.3 is 10.2 Å². The normalized spacial score (nSPS) is 13.2. The molecule has 0 aromatic heterocycles. The maximum absolute atomic E-state index is 10.5. The first-order chi connectivity index (χ1) is 8.57. The summed E-state index contributed by atoms with van der Waals surface area (Å²) in [5.74, 6) is 0.390. The van der Waals surface area contributed by atoms with E-state index in [9.17, 15) is 5.11 Å². The number of hydrogen-bond acceptors (Lipinski definition) is 2. The first kappa shape index (κ1) is 15.8. The van der Waals surface area contributed by atoms with E-state index in [0.717, 1.165) is 16.7 Å². The Labute approximate surface area is 116 Å². The third-order valence-corrected chi connectivity index (χ3v) is 3.16. The Morgan fingerprint density at radius 2 is 1.37 bits per heavy atom. The number of rotatable bonds is 2. The van der Waals surface area contributed by atoms with Gasteiger partial charge in [0.2, 0.25) is 0 Å². The van der Waals surface area contributed by atoms with E-state index in [-0.39, 0.29) is 17.4 Å². The maximum Gasteiger partial charge on any atom is 0.123 e. The predicted molar refractivity (Wildman–Crippen MR) is 81.6 cm³/mol. The second-order valence-corrected chi connectivity index (χ2v) is 7.05. The summed E-state index contributed by atoms with van der Waals surface area (Å²) < 4.78 is 0. The highest BCUT2D eigenvalue weighted by Gasteiger charge is 2.25. The fourth-order valence-electron chi connectivity index (χ4n) is 2.09. The summed E-state index contributed by atoms with van der Waals surface area (Å²) in [6.07, 6.45) is 3.61. The van der Waals surface area contributed by atoms with Gasteiger partial charge in [0.1, 0.15) is 5.75 Å². The highest BCUT2D eigenvalue weighted by Crippen LogP contribution is 2.39. The molecule has 2 N–H and O–H groups in total. The molecule has 1 rings (SSSR count). The van der Waals surface area contributed by atoms with E-state index in [1.54, 1.807) is 6.08 Å². The minimum atomic E-state index is -0.118. The number of hydrogen-bond donors (Lipinski definition) is 2. The van der Waals surface area contributed by atoms with Crippen molar-refractivity contribution in [2.75, 3.05) is 6.61 Å². The van der Waals surface area contributed by atoms with Crippen LogP contribution < -0.4 is 0 Å². The Bertz CT molecular complexity index is 436. The largest absolute Gasteiger partial charge is 0.507 e. The molecule has 2 heteroatoms. The molecule has 0 aliphatic carbocycles. The minimum absolute atomic E-state index is 0.0244. The van der Waals surface area contributed by atoms with Crippen LogP contribution >= 0.6 is 0 Å². The maximum atomic E-state index is 10.5. The highest BCUT2D eigenvalue weighted by atomic mass is 16.3. The van der Waals surface area contributed by atoms with E-state index in [0.29, 0.717) is 5.75 Å². The molecular formula is C17H26O2. The number of phenolic OH excluding ortho intramolecular Hbond substituents is 1. The molecule has 1 aromatic carbocycles. The van der Waals surface area contributed by atoms with Crippen LogP contribution in [0.2, 0.25) is 0 Å². The van der Waals surface area contributed by atoms with Crippen molar-refractivity contribution in [1.29, 1.82) is 0 Å². The lowest BCUT2D eigenvalue weighted by Gasteiger charge is -2.27. The van der Waals surface area contributed by atoms with Crippen LogP contribution in [0.5, 0.6) is 5.75 Å². The fourth-order valence-corrected chi connectivity index (χ4v) is 2.09. The zero-order chi connectivity index (χ0) is 14.8. The standard InChI is InChI=1S/C17H26O2/c1-16(2,3)13-10-12(8-7-9-18)11-14(15(13)19)17(4,5)6/h7-8,10-11,18-19H,9H2,1-6H3. The van der Waals surface area contributed by atoms with Crippen molar-refractivity contribution in [3.8, 4) is 5.75 Å². The van der Waals surface area contributed by atoms with Crippen molar-refractivity contribution in [2.45, 2.75) is 52.4 Å². The monoisotopic (exact) mass is 262 g/mol. The number of aliphatic hydroxyl groups excluding tert-OH is 1. The van der Waals surface area contributed by atoms with E-state index < -0.39 is 0 Å². The molecule has 0 aliphatic rings. The molecule has 0 amide bonds. The summed E-state index contributed by atoms with van der Waals surface area (Å²) in [6, 6.07) is 3.99. The number of aliphatic hydroxyl groups is 1. The zero-order valence-electron chi connectivity index (χ0n) is 12.9. The van der Waals surface area contributed by atoms with Crippen molar-refractivity contribution in [3.63, 3.8) is 0 Å². The minimum Gasteiger partial charge on any atom is -0.507 e. The molecule has 19 heavy (non-hydrogen) atoms. The van der Waals surface area contributed by atoms with Gasteiger partial charge in [-0.05, 0) is 28.5 Å². The Morgan fingerprint density at radius 1 is 0.947 bits per heavy atom. The van der Waals surface area contributed by atoms with Gasteiger partial charge in [0, 0.05) is 11.1 Å². The first-order valence-electron chi connectivity index (χ1n) is 6.72. The number of aromatic hydroxyl groups is 1. The molecular weight excluding hydrogens is 236 g/mol. The summed E-state index contributed by atoms with van der Waals surface area (Å²) in [5, 5.41) is 19.4. The van der Waals surface area contributed by atoms with Crippen LogP contribution in [0.3, 0.4) is 0 Å². The summed E-state index contributed by atoms with van der Waals surface area (Å²) >= 11 is 0. The van der Waals surface area contributed by atoms with E-state index in [1.807, 2.05) is 18.2 Å². The van der Waals surface area contributed by atoms with Crippen molar-refractivity contribution < 1.29 is 10.2 Å². The van der Waals surface area contributed by atoms with Gasteiger partial charge in [0.05, 0.1) is 6.61 Å². The average Bonchev–Trinajstić information content (AvgIpc) is 2.24. The van der Waals surface area contributed by atoms with Crippen LogP contribution in [-0.4, -0.2) is 16.8 Å². The molecule has 0 spiro atoms. The van der Waals surface area contributed by atoms with Gasteiger partial charge in [-0.2, -0.15) is 0 Å². The smallest absolute Gasteiger partial charge is 0.123 e. The molecule has 1 aromatic rings. The lowest BCUT2D eigenvalue weighted by Crippen LogP contribution is -2.17. The SMILES string of the molecule is CC(C)(C)c1cc(C=CCO)cc(C(C)(C)C)c1O. The summed E-state index contributed by atoms with van der Waals surface area (Å²) in [6.45, 7) is 12.6. The van der Waals surface area contributed by atoms with Gasteiger partial charge in [0.15, 0.2) is 0 Å². The van der Waals surface area contributed by atoms with Gasteiger partial charge in [0.25, 0.3) is 0 Å². The Morgan fingerprint density at radius 3 is 1.68 bits per heavy atom. The summed E-state index contributed by atoms with van der Waals surface area (Å²) in [5.41, 5.74) is 2.66. The highest BCUT2D eigenvalue weighted by molar-refractivity contribution is 5.59. The lowest BCUT2D eigenvalue weighted by atomic mass is 9.78. The predicted octanol–water partition coefficient (Wildman–Crippen LogP) is 3.99. The van der Waals surface area contributed by atoms with Crippen molar-refractivity contribution in [1.82, 2.24) is 0 Å². The zero-order valence-corrected chi connectivity index (χ0v) is 12.9. The van der Waals surface area contributed by atoms with E-state index >= 15 is 0 Å². The molecule has 0 heterocycles. The second kappa shape index (κ2) is 5.38. The topological polar surface area (TPSA) is 40.5 Å². The van der Waals surface area contributed by atoms with Gasteiger partial charge in [-0.15, -0.1) is 0 Å². The molecule has 106 valence electrons. The molecule has 0 fully saturated rings. The van der Waals surface area contributed by atoms with Gasteiger partial charge >= 0.3 is 0 Å². The van der Waals surface area contributed by atoms with Gasteiger partial charge in [-0.25, -0.2) is 0 Å². The van der Waals surface area contributed by atoms with Crippen LogP contribution in [0.1, 0.15) is 58.2 Å². The molecule has 0 unspecified atom stereocenters. The van der Waals surface area contributed by atoms with E-state index in [1.165, 1.54) is 0 Å². The first-order valence-corrected chi connectivity index (χ1v) is 6.72. The van der Waals surface area contributed by atoms with Crippen LogP contribution in [0.15, 0.2) is 18.2 Å². The third kappa shape index (κ3) is 3.84. The fraction of sp³-hybridized carbons (Fsp3) is 0.529. The molecule has 0 saturated carbocycles. The molecule has 0 aliphatic heterocycles.